The normalized spacial score (nSPS) is 10.7. The van der Waals surface area contributed by atoms with E-state index >= 15 is 0 Å². The number of aryl methyl sites for hydroxylation is 1. The number of aromatic amines is 1. The maximum Gasteiger partial charge on any atom is 0.269 e. The van der Waals surface area contributed by atoms with Crippen LogP contribution in [-0.4, -0.2) is 22.6 Å². The Morgan fingerprint density at radius 1 is 1.30 bits per heavy atom. The first-order chi connectivity index (χ1) is 11.1. The highest BCUT2D eigenvalue weighted by atomic mass is 32.1. The molecule has 0 atom stereocenters. The third kappa shape index (κ3) is 3.65. The molecule has 0 saturated carbocycles. The SMILES string of the molecule is Cc1ccsc1CCNC(=O)c1cc(-c2ccc(F)cc2)n[nH]1. The molecule has 0 fully saturated rings. The zero-order valence-electron chi connectivity index (χ0n) is 12.6. The Bertz CT molecular complexity index is 807. The van der Waals surface area contributed by atoms with Crippen molar-refractivity contribution in [2.75, 3.05) is 6.54 Å². The van der Waals surface area contributed by atoms with Gasteiger partial charge in [-0.2, -0.15) is 5.10 Å². The van der Waals surface area contributed by atoms with Crippen LogP contribution in [0.15, 0.2) is 41.8 Å². The van der Waals surface area contributed by atoms with Crippen LogP contribution in [0.4, 0.5) is 4.39 Å². The van der Waals surface area contributed by atoms with Crippen molar-refractivity contribution in [1.29, 1.82) is 0 Å². The largest absolute Gasteiger partial charge is 0.350 e. The molecule has 0 radical (unpaired) electrons. The van der Waals surface area contributed by atoms with Crippen LogP contribution in [0.25, 0.3) is 11.3 Å². The zero-order chi connectivity index (χ0) is 16.2. The minimum Gasteiger partial charge on any atom is -0.350 e. The Hall–Kier alpha value is -2.47. The molecule has 23 heavy (non-hydrogen) atoms. The molecule has 2 aromatic heterocycles. The first-order valence-electron chi connectivity index (χ1n) is 7.26. The Balaban J connectivity index is 1.60. The topological polar surface area (TPSA) is 57.8 Å². The molecule has 0 saturated heterocycles. The van der Waals surface area contributed by atoms with Gasteiger partial charge in [-0.05, 0) is 60.7 Å². The highest BCUT2D eigenvalue weighted by molar-refractivity contribution is 7.10. The van der Waals surface area contributed by atoms with Gasteiger partial charge in [-0.1, -0.05) is 0 Å². The van der Waals surface area contributed by atoms with Crippen LogP contribution in [-0.2, 0) is 6.42 Å². The first-order valence-corrected chi connectivity index (χ1v) is 8.14. The number of thiophene rings is 1. The highest BCUT2D eigenvalue weighted by Gasteiger charge is 2.11. The van der Waals surface area contributed by atoms with Gasteiger partial charge in [0.05, 0.1) is 5.69 Å². The molecule has 2 N–H and O–H groups in total. The third-order valence-electron chi connectivity index (χ3n) is 3.57. The van der Waals surface area contributed by atoms with Gasteiger partial charge in [0.1, 0.15) is 11.5 Å². The molecule has 1 aromatic carbocycles. The summed E-state index contributed by atoms with van der Waals surface area (Å²) in [7, 11) is 0. The average Bonchev–Trinajstić information content (AvgIpc) is 3.18. The summed E-state index contributed by atoms with van der Waals surface area (Å²) in [6.45, 7) is 2.64. The summed E-state index contributed by atoms with van der Waals surface area (Å²) in [5.74, 6) is -0.494. The lowest BCUT2D eigenvalue weighted by Gasteiger charge is -2.03. The molecule has 6 heteroatoms. The molecule has 3 aromatic rings. The number of amides is 1. The molecular weight excluding hydrogens is 313 g/mol. The quantitative estimate of drug-likeness (QED) is 0.752. The second-order valence-corrected chi connectivity index (χ2v) is 6.21. The second-order valence-electron chi connectivity index (χ2n) is 5.21. The molecule has 4 nitrogen and oxygen atoms in total. The molecule has 0 spiro atoms. The second kappa shape index (κ2) is 6.75. The van der Waals surface area contributed by atoms with Gasteiger partial charge < -0.3 is 5.32 Å². The predicted octanol–water partition coefficient (Wildman–Crippen LogP) is 3.56. The fourth-order valence-corrected chi connectivity index (χ4v) is 3.16. The van der Waals surface area contributed by atoms with E-state index in [0.717, 1.165) is 12.0 Å². The summed E-state index contributed by atoms with van der Waals surface area (Å²) in [5.41, 5.74) is 3.02. The van der Waals surface area contributed by atoms with E-state index < -0.39 is 0 Å². The first kappa shape index (κ1) is 15.4. The number of halogens is 1. The predicted molar refractivity (Wildman–Crippen MR) is 89.1 cm³/mol. The van der Waals surface area contributed by atoms with E-state index in [1.807, 2.05) is 0 Å². The fraction of sp³-hybridized carbons (Fsp3) is 0.176. The van der Waals surface area contributed by atoms with E-state index in [0.29, 0.717) is 17.9 Å². The van der Waals surface area contributed by atoms with E-state index in [4.69, 9.17) is 0 Å². The molecule has 0 aliphatic carbocycles. The van der Waals surface area contributed by atoms with Gasteiger partial charge in [-0.3, -0.25) is 9.89 Å². The van der Waals surface area contributed by atoms with Gasteiger partial charge in [0.15, 0.2) is 0 Å². The van der Waals surface area contributed by atoms with Crippen molar-refractivity contribution in [1.82, 2.24) is 15.5 Å². The Kier molecular flexibility index (Phi) is 4.52. The minimum absolute atomic E-state index is 0.194. The van der Waals surface area contributed by atoms with Crippen molar-refractivity contribution in [2.45, 2.75) is 13.3 Å². The summed E-state index contributed by atoms with van der Waals surface area (Å²) in [4.78, 5) is 13.4. The van der Waals surface area contributed by atoms with Crippen LogP contribution in [0.1, 0.15) is 20.9 Å². The van der Waals surface area contributed by atoms with Crippen LogP contribution < -0.4 is 5.32 Å². The maximum atomic E-state index is 12.9. The van der Waals surface area contributed by atoms with E-state index in [1.165, 1.54) is 22.6 Å². The van der Waals surface area contributed by atoms with Crippen molar-refractivity contribution in [3.05, 3.63) is 63.7 Å². The molecule has 0 unspecified atom stereocenters. The number of rotatable bonds is 5. The van der Waals surface area contributed by atoms with Gasteiger partial charge in [0.2, 0.25) is 0 Å². The van der Waals surface area contributed by atoms with Crippen LogP contribution in [0, 0.1) is 12.7 Å². The molecule has 0 aliphatic rings. The van der Waals surface area contributed by atoms with Gasteiger partial charge in [0, 0.05) is 17.0 Å². The van der Waals surface area contributed by atoms with E-state index in [9.17, 15) is 9.18 Å². The van der Waals surface area contributed by atoms with Gasteiger partial charge in [0.25, 0.3) is 5.91 Å². The van der Waals surface area contributed by atoms with Crippen LogP contribution in [0.2, 0.25) is 0 Å². The number of benzene rings is 1. The van der Waals surface area contributed by atoms with Crippen LogP contribution in [0.5, 0.6) is 0 Å². The monoisotopic (exact) mass is 329 g/mol. The van der Waals surface area contributed by atoms with Crippen molar-refractivity contribution in [3.63, 3.8) is 0 Å². The van der Waals surface area contributed by atoms with E-state index in [-0.39, 0.29) is 11.7 Å². The lowest BCUT2D eigenvalue weighted by atomic mass is 10.1. The van der Waals surface area contributed by atoms with Crippen molar-refractivity contribution in [3.8, 4) is 11.3 Å². The summed E-state index contributed by atoms with van der Waals surface area (Å²) in [6.07, 6.45) is 0.814. The number of nitrogens with one attached hydrogen (secondary N) is 2. The number of hydrogen-bond donors (Lipinski definition) is 2. The molecule has 0 aliphatic heterocycles. The Labute approximate surface area is 137 Å². The summed E-state index contributed by atoms with van der Waals surface area (Å²) in [6, 6.07) is 9.74. The summed E-state index contributed by atoms with van der Waals surface area (Å²) >= 11 is 1.70. The smallest absolute Gasteiger partial charge is 0.269 e. The van der Waals surface area contributed by atoms with Crippen molar-refractivity contribution in [2.24, 2.45) is 0 Å². The van der Waals surface area contributed by atoms with Crippen molar-refractivity contribution >= 4 is 17.2 Å². The Morgan fingerprint density at radius 2 is 2.09 bits per heavy atom. The molecule has 3 rings (SSSR count). The number of H-pyrrole nitrogens is 1. The number of carbonyl (C=O) groups is 1. The summed E-state index contributed by atoms with van der Waals surface area (Å²) in [5, 5.41) is 11.8. The number of aromatic nitrogens is 2. The molecule has 2 heterocycles. The molecule has 0 bridgehead atoms. The number of carbonyl (C=O) groups excluding carboxylic acids is 1. The fourth-order valence-electron chi connectivity index (χ4n) is 2.25. The van der Waals surface area contributed by atoms with Crippen LogP contribution >= 0.6 is 11.3 Å². The maximum absolute atomic E-state index is 12.9. The lowest BCUT2D eigenvalue weighted by molar-refractivity contribution is 0.0949. The lowest BCUT2D eigenvalue weighted by Crippen LogP contribution is -2.25. The molecular formula is C17H16FN3OS. The molecule has 1 amide bonds. The van der Waals surface area contributed by atoms with E-state index in [2.05, 4.69) is 33.9 Å². The van der Waals surface area contributed by atoms with Gasteiger partial charge in [-0.25, -0.2) is 4.39 Å². The minimum atomic E-state index is -0.300. The standard InChI is InChI=1S/C17H16FN3OS/c1-11-7-9-23-16(11)6-8-19-17(22)15-10-14(20-21-15)12-2-4-13(18)5-3-12/h2-5,7,9-10H,6,8H2,1H3,(H,19,22)(H,20,21). The van der Waals surface area contributed by atoms with Crippen molar-refractivity contribution < 1.29 is 9.18 Å². The van der Waals surface area contributed by atoms with Crippen LogP contribution in [0.3, 0.4) is 0 Å². The zero-order valence-corrected chi connectivity index (χ0v) is 13.4. The summed E-state index contributed by atoms with van der Waals surface area (Å²) < 4.78 is 12.9. The highest BCUT2D eigenvalue weighted by Crippen LogP contribution is 2.18. The molecule has 118 valence electrons. The van der Waals surface area contributed by atoms with Gasteiger partial charge >= 0.3 is 0 Å². The number of nitrogens with zero attached hydrogens (tertiary/aromatic N) is 1. The number of hydrogen-bond acceptors (Lipinski definition) is 3. The average molecular weight is 329 g/mol. The van der Waals surface area contributed by atoms with E-state index in [1.54, 1.807) is 29.5 Å². The third-order valence-corrected chi connectivity index (χ3v) is 4.65. The Morgan fingerprint density at radius 3 is 2.78 bits per heavy atom. The van der Waals surface area contributed by atoms with Gasteiger partial charge in [-0.15, -0.1) is 11.3 Å².